The van der Waals surface area contributed by atoms with E-state index in [4.69, 9.17) is 4.74 Å². The van der Waals surface area contributed by atoms with Crippen LogP contribution in [0.1, 0.15) is 36.5 Å². The molecule has 2 N–H and O–H groups in total. The number of halogens is 2. The molecular formula is C14H17I2NO4. The molecule has 0 aromatic heterocycles. The SMILES string of the molecule is CCCCC(Oc1c(I)cc(I)cc1C(=O)NC)C(=O)O. The van der Waals surface area contributed by atoms with Gasteiger partial charge in [-0.1, -0.05) is 13.3 Å². The van der Waals surface area contributed by atoms with Gasteiger partial charge in [-0.2, -0.15) is 0 Å². The Kier molecular flexibility index (Phi) is 7.71. The molecule has 5 nitrogen and oxygen atoms in total. The van der Waals surface area contributed by atoms with Crippen LogP contribution in [0, 0.1) is 7.14 Å². The van der Waals surface area contributed by atoms with Crippen LogP contribution >= 0.6 is 45.2 Å². The van der Waals surface area contributed by atoms with Gasteiger partial charge in [0.2, 0.25) is 0 Å². The predicted octanol–water partition coefficient (Wildman–Crippen LogP) is 3.28. The van der Waals surface area contributed by atoms with Gasteiger partial charge in [-0.25, -0.2) is 4.79 Å². The van der Waals surface area contributed by atoms with Crippen LogP contribution in [-0.4, -0.2) is 30.1 Å². The summed E-state index contributed by atoms with van der Waals surface area (Å²) in [4.78, 5) is 23.3. The summed E-state index contributed by atoms with van der Waals surface area (Å²) in [6, 6.07) is 3.54. The number of unbranched alkanes of at least 4 members (excludes halogenated alkanes) is 1. The summed E-state index contributed by atoms with van der Waals surface area (Å²) in [6.45, 7) is 1.99. The van der Waals surface area contributed by atoms with Gasteiger partial charge in [-0.3, -0.25) is 4.79 Å². The molecule has 1 amide bonds. The molecule has 21 heavy (non-hydrogen) atoms. The highest BCUT2D eigenvalue weighted by atomic mass is 127. The van der Waals surface area contributed by atoms with Crippen molar-refractivity contribution < 1.29 is 19.4 Å². The highest BCUT2D eigenvalue weighted by molar-refractivity contribution is 14.1. The quantitative estimate of drug-likeness (QED) is 0.545. The zero-order valence-electron chi connectivity index (χ0n) is 11.8. The number of hydrogen-bond donors (Lipinski definition) is 2. The second kappa shape index (κ2) is 8.76. The molecule has 0 bridgehead atoms. The maximum absolute atomic E-state index is 12.0. The van der Waals surface area contributed by atoms with Crippen LogP contribution in [0.2, 0.25) is 0 Å². The molecule has 0 saturated heterocycles. The number of carbonyl (C=O) groups excluding carboxylic acids is 1. The highest BCUT2D eigenvalue weighted by Crippen LogP contribution is 2.30. The van der Waals surface area contributed by atoms with E-state index in [0.29, 0.717) is 17.7 Å². The molecule has 0 fully saturated rings. The minimum absolute atomic E-state index is 0.291. The van der Waals surface area contributed by atoms with Crippen LogP contribution in [0.15, 0.2) is 12.1 Å². The third kappa shape index (κ3) is 5.28. The first-order valence-corrected chi connectivity index (χ1v) is 8.67. The van der Waals surface area contributed by atoms with Crippen molar-refractivity contribution in [2.45, 2.75) is 32.3 Å². The number of rotatable bonds is 7. The highest BCUT2D eigenvalue weighted by Gasteiger charge is 2.24. The van der Waals surface area contributed by atoms with E-state index in [1.54, 1.807) is 6.07 Å². The van der Waals surface area contributed by atoms with E-state index in [1.165, 1.54) is 7.05 Å². The minimum Gasteiger partial charge on any atom is -0.479 e. The Morgan fingerprint density at radius 3 is 2.57 bits per heavy atom. The third-order valence-corrected chi connectivity index (χ3v) is 4.26. The number of benzene rings is 1. The molecule has 116 valence electrons. The van der Waals surface area contributed by atoms with Crippen LogP contribution < -0.4 is 10.1 Å². The van der Waals surface area contributed by atoms with Gasteiger partial charge in [0.1, 0.15) is 5.75 Å². The zero-order valence-corrected chi connectivity index (χ0v) is 16.1. The number of ether oxygens (including phenoxy) is 1. The van der Waals surface area contributed by atoms with Crippen molar-refractivity contribution in [1.29, 1.82) is 0 Å². The molecule has 1 rings (SSSR count). The van der Waals surface area contributed by atoms with E-state index < -0.39 is 12.1 Å². The Morgan fingerprint density at radius 1 is 1.38 bits per heavy atom. The van der Waals surface area contributed by atoms with Crippen molar-refractivity contribution in [3.05, 3.63) is 24.8 Å². The normalized spacial score (nSPS) is 11.8. The Hall–Kier alpha value is -0.580. The molecule has 1 aromatic carbocycles. The molecule has 0 aliphatic rings. The summed E-state index contributed by atoms with van der Waals surface area (Å²) < 4.78 is 7.26. The molecular weight excluding hydrogens is 500 g/mol. The van der Waals surface area contributed by atoms with Gasteiger partial charge >= 0.3 is 5.97 Å². The maximum atomic E-state index is 12.0. The van der Waals surface area contributed by atoms with Crippen molar-refractivity contribution in [3.8, 4) is 5.75 Å². The summed E-state index contributed by atoms with van der Waals surface area (Å²) in [5.74, 6) is -0.972. The molecule has 0 aliphatic carbocycles. The van der Waals surface area contributed by atoms with E-state index >= 15 is 0 Å². The number of aliphatic carboxylic acids is 1. The average Bonchev–Trinajstić information content (AvgIpc) is 2.43. The number of nitrogens with one attached hydrogen (secondary N) is 1. The Bertz CT molecular complexity index is 534. The van der Waals surface area contributed by atoms with E-state index in [0.717, 1.165) is 20.0 Å². The Balaban J connectivity index is 3.15. The lowest BCUT2D eigenvalue weighted by molar-refractivity contribution is -0.145. The lowest BCUT2D eigenvalue weighted by Gasteiger charge is -2.18. The first-order valence-electron chi connectivity index (χ1n) is 6.51. The van der Waals surface area contributed by atoms with E-state index in [2.05, 4.69) is 50.5 Å². The van der Waals surface area contributed by atoms with Gasteiger partial charge in [0.05, 0.1) is 9.13 Å². The first-order chi connectivity index (χ1) is 9.90. The standard InChI is InChI=1S/C14H17I2NO4/c1-3-4-5-11(14(19)20)21-12-9(13(18)17-2)6-8(15)7-10(12)16/h6-7,11H,3-5H2,1-2H3,(H,17,18)(H,19,20). The van der Waals surface area contributed by atoms with E-state index in [1.807, 2.05) is 13.0 Å². The molecule has 0 aliphatic heterocycles. The average molecular weight is 517 g/mol. The maximum Gasteiger partial charge on any atom is 0.344 e. The molecule has 0 saturated carbocycles. The van der Waals surface area contributed by atoms with Gasteiger partial charge in [-0.15, -0.1) is 0 Å². The summed E-state index contributed by atoms with van der Waals surface area (Å²) in [7, 11) is 1.53. The summed E-state index contributed by atoms with van der Waals surface area (Å²) in [5, 5.41) is 11.8. The van der Waals surface area contributed by atoms with Gasteiger partial charge in [0, 0.05) is 10.6 Å². The topological polar surface area (TPSA) is 75.6 Å². The second-order valence-electron chi connectivity index (χ2n) is 4.43. The number of carboxylic acid groups (broad SMARTS) is 1. The van der Waals surface area contributed by atoms with Crippen LogP contribution in [0.25, 0.3) is 0 Å². The van der Waals surface area contributed by atoms with Crippen molar-refractivity contribution in [2.24, 2.45) is 0 Å². The van der Waals surface area contributed by atoms with Crippen LogP contribution in [0.5, 0.6) is 5.75 Å². The fourth-order valence-electron chi connectivity index (χ4n) is 1.75. The van der Waals surface area contributed by atoms with Crippen molar-refractivity contribution in [3.63, 3.8) is 0 Å². The number of carbonyl (C=O) groups is 2. The Morgan fingerprint density at radius 2 is 2.05 bits per heavy atom. The summed E-state index contributed by atoms with van der Waals surface area (Å²) in [5.41, 5.74) is 0.358. The Labute approximate surface area is 151 Å². The summed E-state index contributed by atoms with van der Waals surface area (Å²) in [6.07, 6.45) is 1.12. The van der Waals surface area contributed by atoms with Crippen molar-refractivity contribution >= 4 is 57.1 Å². The van der Waals surface area contributed by atoms with Crippen LogP contribution in [0.4, 0.5) is 0 Å². The molecule has 1 aromatic rings. The molecule has 7 heteroatoms. The number of amides is 1. The molecule has 0 radical (unpaired) electrons. The fourth-order valence-corrected chi connectivity index (χ4v) is 3.72. The number of hydrogen-bond acceptors (Lipinski definition) is 3. The number of carboxylic acids is 1. The fraction of sp³-hybridized carbons (Fsp3) is 0.429. The first kappa shape index (κ1) is 18.5. The van der Waals surface area contributed by atoms with Crippen LogP contribution in [0.3, 0.4) is 0 Å². The smallest absolute Gasteiger partial charge is 0.344 e. The van der Waals surface area contributed by atoms with Gasteiger partial charge in [0.15, 0.2) is 6.10 Å². The van der Waals surface area contributed by atoms with Gasteiger partial charge < -0.3 is 15.2 Å². The zero-order chi connectivity index (χ0) is 16.0. The van der Waals surface area contributed by atoms with E-state index in [9.17, 15) is 14.7 Å². The van der Waals surface area contributed by atoms with E-state index in [-0.39, 0.29) is 5.91 Å². The monoisotopic (exact) mass is 517 g/mol. The lowest BCUT2D eigenvalue weighted by atomic mass is 10.1. The summed E-state index contributed by atoms with van der Waals surface area (Å²) >= 11 is 4.16. The minimum atomic E-state index is -1.01. The van der Waals surface area contributed by atoms with Crippen molar-refractivity contribution in [2.75, 3.05) is 7.05 Å². The van der Waals surface area contributed by atoms with Gasteiger partial charge in [0.25, 0.3) is 5.91 Å². The molecule has 0 heterocycles. The van der Waals surface area contributed by atoms with Gasteiger partial charge in [-0.05, 0) is 70.2 Å². The predicted molar refractivity (Wildman–Crippen MR) is 96.8 cm³/mol. The molecule has 1 atom stereocenters. The molecule has 0 spiro atoms. The lowest BCUT2D eigenvalue weighted by Crippen LogP contribution is -2.29. The molecule has 1 unspecified atom stereocenters. The second-order valence-corrected chi connectivity index (χ2v) is 6.84. The van der Waals surface area contributed by atoms with Crippen LogP contribution in [-0.2, 0) is 4.79 Å². The third-order valence-electron chi connectivity index (χ3n) is 2.84. The van der Waals surface area contributed by atoms with Crippen molar-refractivity contribution in [1.82, 2.24) is 5.32 Å². The largest absolute Gasteiger partial charge is 0.479 e.